The van der Waals surface area contributed by atoms with E-state index in [0.717, 1.165) is 24.1 Å². The molecule has 4 rings (SSSR count). The maximum atomic E-state index is 11.9. The van der Waals surface area contributed by atoms with E-state index in [1.807, 2.05) is 57.2 Å². The van der Waals surface area contributed by atoms with Crippen LogP contribution in [0.4, 0.5) is 4.79 Å². The minimum absolute atomic E-state index is 0.0432. The standard InChI is InChI=1S/C28H32N4O5/c1-17(19-6-8-21(9-7-19)35-24-15-30-26(18(2)33)31-16-24)25-11-10-22(14-29-25)36-23-12-20(13-23)32-27(34)37-28(3,4)5/h6-11,14-17,20,23H,12-13H2,1-5H3,(H,32,34)/t17-,20?,23?/m1/s1. The third kappa shape index (κ3) is 7.25. The molecule has 37 heavy (non-hydrogen) atoms. The SMILES string of the molecule is CC(=O)c1ncc(Oc2ccc([C@@H](C)c3ccc(OC4CC(NC(=O)OC(C)(C)C)C4)cn3)cc2)cn1. The van der Waals surface area contributed by atoms with E-state index in [9.17, 15) is 9.59 Å². The molecule has 3 aromatic rings. The van der Waals surface area contributed by atoms with E-state index >= 15 is 0 Å². The number of carbonyl (C=O) groups is 2. The van der Waals surface area contributed by atoms with Gasteiger partial charge in [-0.15, -0.1) is 0 Å². The zero-order chi connectivity index (χ0) is 26.6. The Balaban J connectivity index is 1.26. The monoisotopic (exact) mass is 504 g/mol. The van der Waals surface area contributed by atoms with Crippen LogP contribution in [0.3, 0.4) is 0 Å². The highest BCUT2D eigenvalue weighted by Gasteiger charge is 2.33. The van der Waals surface area contributed by atoms with Crippen LogP contribution in [-0.2, 0) is 4.74 Å². The number of alkyl carbamates (subject to hydrolysis) is 1. The van der Waals surface area contributed by atoms with Crippen LogP contribution < -0.4 is 14.8 Å². The van der Waals surface area contributed by atoms with Crippen LogP contribution in [0, 0.1) is 0 Å². The van der Waals surface area contributed by atoms with E-state index in [4.69, 9.17) is 14.2 Å². The van der Waals surface area contributed by atoms with Gasteiger partial charge in [0.1, 0.15) is 23.2 Å². The summed E-state index contributed by atoms with van der Waals surface area (Å²) in [6, 6.07) is 11.7. The van der Waals surface area contributed by atoms with Crippen LogP contribution in [0.1, 0.15) is 75.3 Å². The molecule has 2 aromatic heterocycles. The van der Waals surface area contributed by atoms with E-state index in [1.165, 1.54) is 19.3 Å². The molecule has 0 saturated heterocycles. The van der Waals surface area contributed by atoms with Crippen LogP contribution in [-0.4, -0.2) is 44.6 Å². The smallest absolute Gasteiger partial charge is 0.407 e. The lowest BCUT2D eigenvalue weighted by atomic mass is 9.89. The Morgan fingerprint density at radius 2 is 1.54 bits per heavy atom. The molecule has 194 valence electrons. The second-order valence-corrected chi connectivity index (χ2v) is 10.2. The Kier molecular flexibility index (Phi) is 7.71. The predicted molar refractivity (Wildman–Crippen MR) is 137 cm³/mol. The number of amides is 1. The van der Waals surface area contributed by atoms with Gasteiger partial charge in [-0.1, -0.05) is 19.1 Å². The maximum Gasteiger partial charge on any atom is 0.407 e. The molecule has 1 aliphatic carbocycles. The minimum atomic E-state index is -0.510. The van der Waals surface area contributed by atoms with Crippen LogP contribution in [0.5, 0.6) is 17.2 Å². The highest BCUT2D eigenvalue weighted by atomic mass is 16.6. The van der Waals surface area contributed by atoms with Crippen molar-refractivity contribution in [2.75, 3.05) is 0 Å². The van der Waals surface area contributed by atoms with Crippen molar-refractivity contribution >= 4 is 11.9 Å². The Bertz CT molecular complexity index is 1220. The number of hydrogen-bond acceptors (Lipinski definition) is 8. The van der Waals surface area contributed by atoms with Crippen LogP contribution in [0.15, 0.2) is 55.0 Å². The fourth-order valence-corrected chi connectivity index (χ4v) is 3.85. The number of nitrogens with one attached hydrogen (secondary N) is 1. The van der Waals surface area contributed by atoms with E-state index in [1.54, 1.807) is 6.20 Å². The van der Waals surface area contributed by atoms with Gasteiger partial charge in [-0.25, -0.2) is 14.8 Å². The van der Waals surface area contributed by atoms with Crippen molar-refractivity contribution in [1.82, 2.24) is 20.3 Å². The van der Waals surface area contributed by atoms with Crippen molar-refractivity contribution < 1.29 is 23.8 Å². The molecule has 9 heteroatoms. The van der Waals surface area contributed by atoms with Gasteiger partial charge in [0.15, 0.2) is 17.4 Å². The molecule has 9 nitrogen and oxygen atoms in total. The van der Waals surface area contributed by atoms with Gasteiger partial charge in [-0.05, 0) is 50.6 Å². The second kappa shape index (κ2) is 10.9. The number of aromatic nitrogens is 3. The molecule has 1 fully saturated rings. The summed E-state index contributed by atoms with van der Waals surface area (Å²) < 4.78 is 17.1. The van der Waals surface area contributed by atoms with Crippen molar-refractivity contribution in [3.8, 4) is 17.2 Å². The first-order chi connectivity index (χ1) is 17.6. The molecule has 1 aromatic carbocycles. The largest absolute Gasteiger partial charge is 0.489 e. The molecule has 0 bridgehead atoms. The second-order valence-electron chi connectivity index (χ2n) is 10.2. The molecule has 1 saturated carbocycles. The molecule has 1 amide bonds. The molecular weight excluding hydrogens is 472 g/mol. The highest BCUT2D eigenvalue weighted by Crippen LogP contribution is 2.29. The predicted octanol–water partition coefficient (Wildman–Crippen LogP) is 5.45. The molecule has 0 unspecified atom stereocenters. The molecule has 1 N–H and O–H groups in total. The Morgan fingerprint density at radius 3 is 2.11 bits per heavy atom. The van der Waals surface area contributed by atoms with Gasteiger partial charge < -0.3 is 19.5 Å². The number of hydrogen-bond donors (Lipinski definition) is 1. The summed E-state index contributed by atoms with van der Waals surface area (Å²) in [6.07, 6.45) is 5.82. The summed E-state index contributed by atoms with van der Waals surface area (Å²) in [6.45, 7) is 9.04. The van der Waals surface area contributed by atoms with Crippen molar-refractivity contribution in [3.63, 3.8) is 0 Å². The zero-order valence-electron chi connectivity index (χ0n) is 21.7. The first-order valence-electron chi connectivity index (χ1n) is 12.3. The lowest BCUT2D eigenvalue weighted by Gasteiger charge is -2.36. The minimum Gasteiger partial charge on any atom is -0.489 e. The Labute approximate surface area is 216 Å². The average molecular weight is 505 g/mol. The van der Waals surface area contributed by atoms with E-state index in [-0.39, 0.29) is 29.7 Å². The third-order valence-electron chi connectivity index (χ3n) is 5.88. The molecule has 0 aliphatic heterocycles. The summed E-state index contributed by atoms with van der Waals surface area (Å²) in [4.78, 5) is 35.8. The van der Waals surface area contributed by atoms with Crippen LogP contribution >= 0.6 is 0 Å². The summed E-state index contributed by atoms with van der Waals surface area (Å²) in [5.41, 5.74) is 1.50. The zero-order valence-corrected chi connectivity index (χ0v) is 21.7. The fraction of sp³-hybridized carbons (Fsp3) is 0.393. The van der Waals surface area contributed by atoms with Gasteiger partial charge in [0, 0.05) is 37.4 Å². The van der Waals surface area contributed by atoms with Crippen LogP contribution in [0.2, 0.25) is 0 Å². The lowest BCUT2D eigenvalue weighted by Crippen LogP contribution is -2.50. The number of nitrogens with zero attached hydrogens (tertiary/aromatic N) is 3. The fourth-order valence-electron chi connectivity index (χ4n) is 3.85. The summed E-state index contributed by atoms with van der Waals surface area (Å²) in [5.74, 6) is 1.86. The van der Waals surface area contributed by atoms with Gasteiger partial charge in [0.05, 0.1) is 18.6 Å². The Morgan fingerprint density at radius 1 is 0.919 bits per heavy atom. The molecule has 1 atom stereocenters. The highest BCUT2D eigenvalue weighted by molar-refractivity contribution is 5.90. The van der Waals surface area contributed by atoms with Gasteiger partial charge in [-0.3, -0.25) is 9.78 Å². The normalized spacial score (nSPS) is 17.8. The van der Waals surface area contributed by atoms with E-state index in [0.29, 0.717) is 17.2 Å². The third-order valence-corrected chi connectivity index (χ3v) is 5.88. The molecule has 1 aliphatic rings. The molecule has 0 spiro atoms. The van der Waals surface area contributed by atoms with Gasteiger partial charge in [0.2, 0.25) is 0 Å². The quantitative estimate of drug-likeness (QED) is 0.403. The Hall–Kier alpha value is -4.01. The number of ether oxygens (including phenoxy) is 3. The van der Waals surface area contributed by atoms with Crippen molar-refractivity contribution in [1.29, 1.82) is 0 Å². The number of Topliss-reactive ketones (excluding diaryl/α,β-unsaturated/α-hetero) is 1. The summed E-state index contributed by atoms with van der Waals surface area (Å²) >= 11 is 0. The number of benzene rings is 1. The summed E-state index contributed by atoms with van der Waals surface area (Å²) in [7, 11) is 0. The number of carbonyl (C=O) groups excluding carboxylic acids is 2. The molecule has 0 radical (unpaired) electrons. The molecular formula is C28H32N4O5. The average Bonchev–Trinajstić information content (AvgIpc) is 2.82. The number of ketones is 1. The first kappa shape index (κ1) is 26.1. The van der Waals surface area contributed by atoms with Gasteiger partial charge in [-0.2, -0.15) is 0 Å². The number of pyridine rings is 1. The van der Waals surface area contributed by atoms with Crippen molar-refractivity contribution in [2.45, 2.75) is 71.1 Å². The topological polar surface area (TPSA) is 113 Å². The lowest BCUT2D eigenvalue weighted by molar-refractivity contribution is 0.0362. The summed E-state index contributed by atoms with van der Waals surface area (Å²) in [5, 5.41) is 2.87. The maximum absolute atomic E-state index is 11.9. The molecule has 2 heterocycles. The van der Waals surface area contributed by atoms with Gasteiger partial charge >= 0.3 is 6.09 Å². The number of rotatable bonds is 8. The van der Waals surface area contributed by atoms with Crippen LogP contribution in [0.25, 0.3) is 0 Å². The van der Waals surface area contributed by atoms with Crippen molar-refractivity contribution in [3.05, 3.63) is 72.1 Å². The van der Waals surface area contributed by atoms with Gasteiger partial charge in [0.25, 0.3) is 0 Å². The van der Waals surface area contributed by atoms with E-state index in [2.05, 4.69) is 27.2 Å². The van der Waals surface area contributed by atoms with Crippen molar-refractivity contribution in [2.24, 2.45) is 0 Å². The van der Waals surface area contributed by atoms with E-state index < -0.39 is 11.7 Å². The first-order valence-corrected chi connectivity index (χ1v) is 12.3.